The number of nitrogen functional groups attached to an aromatic ring is 1. The second kappa shape index (κ2) is 3.26. The number of pyridine rings is 1. The van der Waals surface area contributed by atoms with Crippen LogP contribution in [0, 0.1) is 5.82 Å². The number of halogens is 2. The Labute approximate surface area is 84.1 Å². The first-order valence-electron chi connectivity index (χ1n) is 3.79. The SMILES string of the molecule is Nc1ncc(Cl)c(-n2cccn2)c1F. The fourth-order valence-electron chi connectivity index (χ4n) is 1.08. The highest BCUT2D eigenvalue weighted by Crippen LogP contribution is 2.24. The lowest BCUT2D eigenvalue weighted by Crippen LogP contribution is -2.04. The number of hydrogen-bond acceptors (Lipinski definition) is 3. The van der Waals surface area contributed by atoms with Crippen LogP contribution in [0.1, 0.15) is 0 Å². The lowest BCUT2D eigenvalue weighted by molar-refractivity contribution is 0.610. The monoisotopic (exact) mass is 212 g/mol. The highest BCUT2D eigenvalue weighted by atomic mass is 35.5. The molecule has 0 aliphatic heterocycles. The second-order valence-corrected chi connectivity index (χ2v) is 3.01. The lowest BCUT2D eigenvalue weighted by Gasteiger charge is -2.06. The first kappa shape index (κ1) is 8.96. The van der Waals surface area contributed by atoms with Gasteiger partial charge in [0.2, 0.25) is 0 Å². The average Bonchev–Trinajstić information content (AvgIpc) is 2.65. The first-order chi connectivity index (χ1) is 6.70. The van der Waals surface area contributed by atoms with Crippen LogP contribution in [0.25, 0.3) is 5.69 Å². The van der Waals surface area contributed by atoms with Crippen LogP contribution in [0.3, 0.4) is 0 Å². The van der Waals surface area contributed by atoms with Crippen molar-refractivity contribution in [1.82, 2.24) is 14.8 Å². The number of rotatable bonds is 1. The molecule has 0 radical (unpaired) electrons. The number of nitrogens with zero attached hydrogens (tertiary/aromatic N) is 3. The van der Waals surface area contributed by atoms with E-state index < -0.39 is 5.82 Å². The second-order valence-electron chi connectivity index (χ2n) is 2.60. The van der Waals surface area contributed by atoms with Crippen LogP contribution in [-0.2, 0) is 0 Å². The van der Waals surface area contributed by atoms with Gasteiger partial charge in [0.25, 0.3) is 0 Å². The smallest absolute Gasteiger partial charge is 0.192 e. The molecule has 72 valence electrons. The van der Waals surface area contributed by atoms with Crippen molar-refractivity contribution in [1.29, 1.82) is 0 Å². The van der Waals surface area contributed by atoms with Crippen LogP contribution in [-0.4, -0.2) is 14.8 Å². The van der Waals surface area contributed by atoms with Crippen molar-refractivity contribution >= 4 is 17.4 Å². The average molecular weight is 213 g/mol. The predicted molar refractivity (Wildman–Crippen MR) is 50.7 cm³/mol. The minimum Gasteiger partial charge on any atom is -0.381 e. The predicted octanol–water partition coefficient (Wildman–Crippen LogP) is 1.64. The van der Waals surface area contributed by atoms with Crippen LogP contribution in [0.2, 0.25) is 5.02 Å². The molecule has 0 saturated heterocycles. The molecular weight excluding hydrogens is 207 g/mol. The standard InChI is InChI=1S/C8H6ClFN4/c9-5-4-12-8(11)6(10)7(5)14-3-1-2-13-14/h1-4H,(H2,11,12). The molecule has 2 aromatic heterocycles. The summed E-state index contributed by atoms with van der Waals surface area (Å²) in [6.07, 6.45) is 4.38. The van der Waals surface area contributed by atoms with Crippen molar-refractivity contribution in [3.8, 4) is 5.69 Å². The van der Waals surface area contributed by atoms with Crippen molar-refractivity contribution in [3.05, 3.63) is 35.5 Å². The molecule has 0 unspecified atom stereocenters. The third-order valence-electron chi connectivity index (χ3n) is 1.71. The Hall–Kier alpha value is -1.62. The molecule has 0 aliphatic carbocycles. The summed E-state index contributed by atoms with van der Waals surface area (Å²) in [6, 6.07) is 1.66. The van der Waals surface area contributed by atoms with Gasteiger partial charge in [-0.05, 0) is 6.07 Å². The Kier molecular flexibility index (Phi) is 2.09. The van der Waals surface area contributed by atoms with E-state index in [1.807, 2.05) is 0 Å². The van der Waals surface area contributed by atoms with E-state index >= 15 is 0 Å². The van der Waals surface area contributed by atoms with Gasteiger partial charge in [-0.1, -0.05) is 11.6 Å². The van der Waals surface area contributed by atoms with Gasteiger partial charge in [0.15, 0.2) is 11.6 Å². The normalized spacial score (nSPS) is 10.4. The molecule has 2 heterocycles. The molecule has 6 heteroatoms. The number of aromatic nitrogens is 3. The van der Waals surface area contributed by atoms with Gasteiger partial charge in [-0.3, -0.25) is 0 Å². The summed E-state index contributed by atoms with van der Waals surface area (Å²) in [4.78, 5) is 3.58. The van der Waals surface area contributed by atoms with Crippen molar-refractivity contribution in [3.63, 3.8) is 0 Å². The van der Waals surface area contributed by atoms with E-state index in [0.29, 0.717) is 0 Å². The zero-order chi connectivity index (χ0) is 10.1. The maximum Gasteiger partial charge on any atom is 0.192 e. The van der Waals surface area contributed by atoms with Crippen LogP contribution >= 0.6 is 11.6 Å². The molecule has 2 N–H and O–H groups in total. The van der Waals surface area contributed by atoms with Gasteiger partial charge in [0.1, 0.15) is 5.69 Å². The van der Waals surface area contributed by atoms with Crippen LogP contribution in [0.15, 0.2) is 24.7 Å². The molecule has 0 fully saturated rings. The van der Waals surface area contributed by atoms with Crippen molar-refractivity contribution in [2.24, 2.45) is 0 Å². The number of anilines is 1. The summed E-state index contributed by atoms with van der Waals surface area (Å²) in [5.41, 5.74) is 5.42. The lowest BCUT2D eigenvalue weighted by atomic mass is 10.3. The summed E-state index contributed by atoms with van der Waals surface area (Å²) >= 11 is 5.77. The summed E-state index contributed by atoms with van der Waals surface area (Å²) in [5.74, 6) is -0.860. The maximum atomic E-state index is 13.5. The van der Waals surface area contributed by atoms with Crippen LogP contribution in [0.5, 0.6) is 0 Å². The molecule has 0 aromatic carbocycles. The molecule has 0 bridgehead atoms. The quantitative estimate of drug-likeness (QED) is 0.782. The Balaban J connectivity index is 2.69. The van der Waals surface area contributed by atoms with E-state index in [4.69, 9.17) is 17.3 Å². The van der Waals surface area contributed by atoms with Crippen LogP contribution in [0.4, 0.5) is 10.2 Å². The molecule has 0 spiro atoms. The van der Waals surface area contributed by atoms with E-state index in [9.17, 15) is 4.39 Å². The minimum absolute atomic E-state index is 0.115. The Morgan fingerprint density at radius 2 is 2.29 bits per heavy atom. The fourth-order valence-corrected chi connectivity index (χ4v) is 1.30. The highest BCUT2D eigenvalue weighted by molar-refractivity contribution is 6.32. The molecule has 4 nitrogen and oxygen atoms in total. The van der Waals surface area contributed by atoms with E-state index in [-0.39, 0.29) is 16.5 Å². The third-order valence-corrected chi connectivity index (χ3v) is 1.99. The van der Waals surface area contributed by atoms with Gasteiger partial charge >= 0.3 is 0 Å². The summed E-state index contributed by atoms with van der Waals surface area (Å²) in [5, 5.41) is 4.03. The summed E-state index contributed by atoms with van der Waals surface area (Å²) < 4.78 is 14.8. The molecule has 14 heavy (non-hydrogen) atoms. The van der Waals surface area contributed by atoms with Crippen molar-refractivity contribution in [2.75, 3.05) is 5.73 Å². The van der Waals surface area contributed by atoms with Gasteiger partial charge in [-0.15, -0.1) is 0 Å². The summed E-state index contributed by atoms with van der Waals surface area (Å²) in [7, 11) is 0. The molecule has 0 aliphatic rings. The van der Waals surface area contributed by atoms with Gasteiger partial charge < -0.3 is 5.73 Å². The first-order valence-corrected chi connectivity index (χ1v) is 4.17. The van der Waals surface area contributed by atoms with Gasteiger partial charge in [0.05, 0.1) is 11.2 Å². The fraction of sp³-hybridized carbons (Fsp3) is 0. The number of nitrogens with two attached hydrogens (primary N) is 1. The van der Waals surface area contributed by atoms with Crippen molar-refractivity contribution < 1.29 is 4.39 Å². The van der Waals surface area contributed by atoms with E-state index in [1.54, 1.807) is 12.3 Å². The third kappa shape index (κ3) is 1.31. The van der Waals surface area contributed by atoms with Gasteiger partial charge in [-0.25, -0.2) is 14.1 Å². The maximum absolute atomic E-state index is 13.5. The highest BCUT2D eigenvalue weighted by Gasteiger charge is 2.13. The van der Waals surface area contributed by atoms with E-state index in [0.717, 1.165) is 0 Å². The van der Waals surface area contributed by atoms with E-state index in [1.165, 1.54) is 17.1 Å². The Bertz CT molecular complexity index is 455. The molecule has 0 atom stereocenters. The molecule has 2 aromatic rings. The molecule has 2 rings (SSSR count). The van der Waals surface area contributed by atoms with Crippen molar-refractivity contribution in [2.45, 2.75) is 0 Å². The molecule has 0 saturated carbocycles. The Morgan fingerprint density at radius 3 is 2.93 bits per heavy atom. The zero-order valence-electron chi connectivity index (χ0n) is 6.98. The van der Waals surface area contributed by atoms with Gasteiger partial charge in [-0.2, -0.15) is 5.10 Å². The minimum atomic E-state index is -0.666. The zero-order valence-corrected chi connectivity index (χ0v) is 7.74. The topological polar surface area (TPSA) is 56.7 Å². The van der Waals surface area contributed by atoms with Gasteiger partial charge in [0, 0.05) is 12.4 Å². The van der Waals surface area contributed by atoms with Crippen LogP contribution < -0.4 is 5.73 Å². The largest absolute Gasteiger partial charge is 0.381 e. The number of hydrogen-bond donors (Lipinski definition) is 1. The van der Waals surface area contributed by atoms with E-state index in [2.05, 4.69) is 10.1 Å². The molecular formula is C8H6ClFN4. The summed E-state index contributed by atoms with van der Waals surface area (Å²) in [6.45, 7) is 0. The Morgan fingerprint density at radius 1 is 1.50 bits per heavy atom. The molecule has 0 amide bonds.